The first kappa shape index (κ1) is 43.7. The van der Waals surface area contributed by atoms with E-state index in [1.165, 1.54) is 139 Å². The van der Waals surface area contributed by atoms with Crippen molar-refractivity contribution in [3.8, 4) is 77.9 Å². The molecule has 1 nitrogen and oxygen atoms in total. The minimum Gasteiger partial charge on any atom is -0.310 e. The first-order valence-corrected chi connectivity index (χ1v) is 27.6. The standard InChI is InChI=1S/C77H51N/c1-75(2)70-46-50(48-20-4-3-5-21-48)40-44-58(70)59-45-43-52(47-71(59)75)78(72-37-19-36-69-74(72)61-27-11-17-34-67(61)77(69)64-31-14-8-24-56(64)57-25-9-15-32-65(57)77)51-41-38-49(39-42-51)53-28-18-35-68-73(53)60-26-10-16-33-66(60)76(68)62-29-12-6-22-54(62)55-23-7-13-30-63(55)76/h3-47H,1-2H3. The summed E-state index contributed by atoms with van der Waals surface area (Å²) in [7, 11) is 0. The average molecular weight is 990 g/mol. The quantitative estimate of drug-likeness (QED) is 0.166. The molecule has 364 valence electrons. The smallest absolute Gasteiger partial charge is 0.0726 e. The van der Waals surface area contributed by atoms with Gasteiger partial charge in [-0.05, 0) is 164 Å². The zero-order valence-corrected chi connectivity index (χ0v) is 43.4. The van der Waals surface area contributed by atoms with Gasteiger partial charge in [0.2, 0.25) is 0 Å². The fourth-order valence-corrected chi connectivity index (χ4v) is 15.6. The van der Waals surface area contributed by atoms with Crippen molar-refractivity contribution < 1.29 is 0 Å². The van der Waals surface area contributed by atoms with Crippen LogP contribution >= 0.6 is 0 Å². The van der Waals surface area contributed by atoms with E-state index in [-0.39, 0.29) is 5.41 Å². The van der Waals surface area contributed by atoms with Crippen LogP contribution in [0.15, 0.2) is 273 Å². The van der Waals surface area contributed by atoms with Crippen LogP contribution in [0.3, 0.4) is 0 Å². The second kappa shape index (κ2) is 15.8. The molecule has 0 amide bonds. The fourth-order valence-electron chi connectivity index (χ4n) is 15.6. The average Bonchev–Trinajstić information content (AvgIpc) is 2.84. The minimum atomic E-state index is -0.468. The number of benzene rings is 12. The highest BCUT2D eigenvalue weighted by atomic mass is 15.1. The fraction of sp³-hybridized carbons (Fsp3) is 0.0649. The zero-order valence-electron chi connectivity index (χ0n) is 43.4. The zero-order chi connectivity index (χ0) is 51.5. The van der Waals surface area contributed by atoms with Crippen LogP contribution in [0.2, 0.25) is 0 Å². The van der Waals surface area contributed by atoms with Gasteiger partial charge < -0.3 is 4.90 Å². The van der Waals surface area contributed by atoms with E-state index in [9.17, 15) is 0 Å². The summed E-state index contributed by atoms with van der Waals surface area (Å²) >= 11 is 0. The van der Waals surface area contributed by atoms with Crippen LogP contribution in [0.5, 0.6) is 0 Å². The second-order valence-corrected chi connectivity index (χ2v) is 22.6. The first-order chi connectivity index (χ1) is 38.5. The summed E-state index contributed by atoms with van der Waals surface area (Å²) in [6.07, 6.45) is 0. The van der Waals surface area contributed by atoms with E-state index in [2.05, 4.69) is 292 Å². The Morgan fingerprint density at radius 2 is 0.603 bits per heavy atom. The third-order valence-electron chi connectivity index (χ3n) is 18.7. The molecule has 0 aromatic heterocycles. The molecule has 12 aromatic rings. The number of rotatable bonds is 5. The van der Waals surface area contributed by atoms with E-state index in [4.69, 9.17) is 0 Å². The highest BCUT2D eigenvalue weighted by molar-refractivity contribution is 6.03. The number of hydrogen-bond acceptors (Lipinski definition) is 1. The van der Waals surface area contributed by atoms with Gasteiger partial charge >= 0.3 is 0 Å². The highest BCUT2D eigenvalue weighted by Crippen LogP contribution is 2.66. The lowest BCUT2D eigenvalue weighted by Gasteiger charge is -2.32. The maximum atomic E-state index is 2.56. The molecule has 12 aromatic carbocycles. The number of hydrogen-bond donors (Lipinski definition) is 0. The summed E-state index contributed by atoms with van der Waals surface area (Å²) in [4.78, 5) is 2.56. The van der Waals surface area contributed by atoms with Crippen molar-refractivity contribution in [2.45, 2.75) is 30.1 Å². The maximum Gasteiger partial charge on any atom is 0.0726 e. The predicted octanol–water partition coefficient (Wildman–Crippen LogP) is 19.5. The molecule has 0 aliphatic heterocycles. The summed E-state index contributed by atoms with van der Waals surface area (Å²) in [6.45, 7) is 4.82. The molecule has 5 aliphatic rings. The molecule has 0 N–H and O–H groups in total. The summed E-state index contributed by atoms with van der Waals surface area (Å²) in [5.74, 6) is 0. The van der Waals surface area contributed by atoms with Gasteiger partial charge in [-0.3, -0.25) is 0 Å². The molecule has 0 saturated carbocycles. The molecule has 0 fully saturated rings. The van der Waals surface area contributed by atoms with E-state index in [1.54, 1.807) is 0 Å². The van der Waals surface area contributed by atoms with E-state index >= 15 is 0 Å². The van der Waals surface area contributed by atoms with Crippen molar-refractivity contribution in [2.24, 2.45) is 0 Å². The molecule has 0 bridgehead atoms. The van der Waals surface area contributed by atoms with Crippen LogP contribution in [-0.4, -0.2) is 0 Å². The van der Waals surface area contributed by atoms with E-state index in [1.807, 2.05) is 0 Å². The van der Waals surface area contributed by atoms with Gasteiger partial charge in [-0.1, -0.05) is 250 Å². The van der Waals surface area contributed by atoms with Gasteiger partial charge in [-0.15, -0.1) is 0 Å². The van der Waals surface area contributed by atoms with E-state index in [0.29, 0.717) is 0 Å². The summed E-state index contributed by atoms with van der Waals surface area (Å²) in [5.41, 5.74) is 33.8. The Morgan fingerprint density at radius 1 is 0.231 bits per heavy atom. The van der Waals surface area contributed by atoms with Crippen LogP contribution in [0.25, 0.3) is 77.9 Å². The number of fused-ring (bicyclic) bond motifs is 23. The Bertz CT molecular complexity index is 4440. The topological polar surface area (TPSA) is 3.24 Å². The molecule has 2 spiro atoms. The van der Waals surface area contributed by atoms with Crippen molar-refractivity contribution >= 4 is 17.1 Å². The van der Waals surface area contributed by atoms with Crippen LogP contribution < -0.4 is 4.90 Å². The summed E-state index contributed by atoms with van der Waals surface area (Å²) in [6, 6.07) is 104. The Hall–Kier alpha value is -9.56. The Balaban J connectivity index is 0.872. The van der Waals surface area contributed by atoms with Crippen LogP contribution in [0, 0.1) is 0 Å². The lowest BCUT2D eigenvalue weighted by Crippen LogP contribution is -2.26. The monoisotopic (exact) mass is 989 g/mol. The molecule has 0 radical (unpaired) electrons. The normalized spacial score (nSPS) is 14.8. The third kappa shape index (κ3) is 5.45. The molecule has 78 heavy (non-hydrogen) atoms. The number of nitrogens with zero attached hydrogens (tertiary/aromatic N) is 1. The van der Waals surface area contributed by atoms with E-state index < -0.39 is 10.8 Å². The molecular weight excluding hydrogens is 939 g/mol. The maximum absolute atomic E-state index is 2.56. The van der Waals surface area contributed by atoms with Gasteiger partial charge in [0, 0.05) is 22.4 Å². The Labute approximate surface area is 456 Å². The van der Waals surface area contributed by atoms with Crippen molar-refractivity contribution in [2.75, 3.05) is 4.90 Å². The lowest BCUT2D eigenvalue weighted by molar-refractivity contribution is 0.660. The van der Waals surface area contributed by atoms with Gasteiger partial charge in [0.25, 0.3) is 0 Å². The van der Waals surface area contributed by atoms with Crippen LogP contribution in [-0.2, 0) is 16.2 Å². The molecule has 1 heteroatoms. The van der Waals surface area contributed by atoms with Gasteiger partial charge in [0.1, 0.15) is 0 Å². The molecular formula is C77H51N. The third-order valence-corrected chi connectivity index (χ3v) is 18.7. The SMILES string of the molecule is CC1(C)c2cc(-c3ccccc3)ccc2-c2ccc(N(c3ccc(-c4cccc5c4-c4ccccc4C54c5ccccc5-c5ccccc54)cc3)c3cccc4c3-c3ccccc3C43c4ccccc4-c4ccccc43)cc21. The largest absolute Gasteiger partial charge is 0.310 e. The molecule has 5 aliphatic carbocycles. The molecule has 0 unspecified atom stereocenters. The van der Waals surface area contributed by atoms with Crippen molar-refractivity contribution in [1.29, 1.82) is 0 Å². The van der Waals surface area contributed by atoms with Gasteiger partial charge in [-0.25, -0.2) is 0 Å². The highest BCUT2D eigenvalue weighted by Gasteiger charge is 2.54. The number of anilines is 3. The van der Waals surface area contributed by atoms with Gasteiger partial charge in [0.05, 0.1) is 16.5 Å². The Kier molecular flexibility index (Phi) is 8.82. The van der Waals surface area contributed by atoms with Crippen molar-refractivity contribution in [1.82, 2.24) is 0 Å². The van der Waals surface area contributed by atoms with Crippen LogP contribution in [0.4, 0.5) is 17.1 Å². The minimum absolute atomic E-state index is 0.241. The molecule has 0 atom stereocenters. The van der Waals surface area contributed by atoms with Gasteiger partial charge in [-0.2, -0.15) is 0 Å². The summed E-state index contributed by atoms with van der Waals surface area (Å²) in [5, 5.41) is 0. The van der Waals surface area contributed by atoms with Crippen molar-refractivity contribution in [3.63, 3.8) is 0 Å². The Morgan fingerprint density at radius 3 is 1.15 bits per heavy atom. The first-order valence-electron chi connectivity index (χ1n) is 27.6. The second-order valence-electron chi connectivity index (χ2n) is 22.6. The predicted molar refractivity (Wildman–Crippen MR) is 322 cm³/mol. The van der Waals surface area contributed by atoms with E-state index in [0.717, 1.165) is 11.4 Å². The lowest BCUT2D eigenvalue weighted by atomic mass is 9.70. The van der Waals surface area contributed by atoms with Gasteiger partial charge in [0.15, 0.2) is 0 Å². The molecule has 0 saturated heterocycles. The molecule has 0 heterocycles. The van der Waals surface area contributed by atoms with Crippen molar-refractivity contribution in [3.05, 3.63) is 329 Å². The van der Waals surface area contributed by atoms with Crippen LogP contribution in [0.1, 0.15) is 69.5 Å². The molecule has 17 rings (SSSR count). The summed E-state index contributed by atoms with van der Waals surface area (Å²) < 4.78 is 0.